The van der Waals surface area contributed by atoms with E-state index in [2.05, 4.69) is 5.32 Å². The number of ether oxygens (including phenoxy) is 3. The standard InChI is InChI=1S/C28H22N4O4S/c1-34-22-9-5-6-10-24(22)37-26-14-13-25-30-27(19-11-12-21-23(15-19)36-17-35-21)20(32(25)31-26)16-29-28(33)18-7-3-2-4-8-18/h2-15H,16-17H2,1H3,(H,29,33). The number of hydrogen-bond acceptors (Lipinski definition) is 7. The van der Waals surface area contributed by atoms with Crippen molar-refractivity contribution in [1.82, 2.24) is 19.9 Å². The predicted molar refractivity (Wildman–Crippen MR) is 139 cm³/mol. The molecular weight excluding hydrogens is 488 g/mol. The molecular formula is C28H22N4O4S. The Morgan fingerprint density at radius 2 is 1.81 bits per heavy atom. The van der Waals surface area contributed by atoms with Crippen LogP contribution in [0.15, 0.2) is 94.9 Å². The first-order chi connectivity index (χ1) is 18.2. The van der Waals surface area contributed by atoms with Gasteiger partial charge in [-0.25, -0.2) is 9.50 Å². The van der Waals surface area contributed by atoms with Gasteiger partial charge >= 0.3 is 0 Å². The number of nitrogens with zero attached hydrogens (tertiary/aromatic N) is 3. The molecule has 0 radical (unpaired) electrons. The van der Waals surface area contributed by atoms with Crippen LogP contribution >= 0.6 is 11.8 Å². The SMILES string of the molecule is COc1ccccc1Sc1ccc2nc(-c3ccc4c(c3)OCO4)c(CNC(=O)c3ccccc3)n2n1. The second-order valence-corrected chi connectivity index (χ2v) is 9.28. The van der Waals surface area contributed by atoms with Crippen molar-refractivity contribution in [3.05, 3.63) is 96.2 Å². The highest BCUT2D eigenvalue weighted by Crippen LogP contribution is 2.37. The average molecular weight is 511 g/mol. The maximum Gasteiger partial charge on any atom is 0.251 e. The molecule has 0 unspecified atom stereocenters. The van der Waals surface area contributed by atoms with E-state index >= 15 is 0 Å². The Bertz CT molecular complexity index is 1600. The summed E-state index contributed by atoms with van der Waals surface area (Å²) in [5.74, 6) is 1.96. The molecule has 5 aromatic rings. The van der Waals surface area contributed by atoms with E-state index in [1.54, 1.807) is 23.8 Å². The van der Waals surface area contributed by atoms with Crippen molar-refractivity contribution in [3.63, 3.8) is 0 Å². The summed E-state index contributed by atoms with van der Waals surface area (Å²) in [5.41, 5.74) is 3.55. The van der Waals surface area contributed by atoms with E-state index in [9.17, 15) is 4.79 Å². The van der Waals surface area contributed by atoms with Gasteiger partial charge in [0.05, 0.1) is 29.9 Å². The number of carbonyl (C=O) groups excluding carboxylic acids is 1. The van der Waals surface area contributed by atoms with Crippen molar-refractivity contribution in [1.29, 1.82) is 0 Å². The summed E-state index contributed by atoms with van der Waals surface area (Å²) in [4.78, 5) is 18.7. The largest absolute Gasteiger partial charge is 0.496 e. The van der Waals surface area contributed by atoms with Crippen LogP contribution in [0, 0.1) is 0 Å². The third-order valence-electron chi connectivity index (χ3n) is 5.93. The minimum absolute atomic E-state index is 0.174. The number of imidazole rings is 1. The van der Waals surface area contributed by atoms with Gasteiger partial charge in [0, 0.05) is 11.1 Å². The Morgan fingerprint density at radius 3 is 2.68 bits per heavy atom. The molecule has 0 saturated carbocycles. The lowest BCUT2D eigenvalue weighted by molar-refractivity contribution is 0.0950. The molecule has 0 fully saturated rings. The van der Waals surface area contributed by atoms with E-state index in [-0.39, 0.29) is 19.2 Å². The van der Waals surface area contributed by atoms with Crippen LogP contribution in [0.25, 0.3) is 16.9 Å². The summed E-state index contributed by atoms with van der Waals surface area (Å²) in [6.45, 7) is 0.420. The fourth-order valence-corrected chi connectivity index (χ4v) is 5.00. The maximum atomic E-state index is 12.8. The van der Waals surface area contributed by atoms with Gasteiger partial charge < -0.3 is 19.5 Å². The zero-order valence-electron chi connectivity index (χ0n) is 19.9. The van der Waals surface area contributed by atoms with E-state index in [1.165, 1.54) is 11.8 Å². The number of fused-ring (bicyclic) bond motifs is 2. The monoisotopic (exact) mass is 510 g/mol. The first-order valence-electron chi connectivity index (χ1n) is 11.6. The van der Waals surface area contributed by atoms with Crippen molar-refractivity contribution >= 4 is 23.3 Å². The Kier molecular flexibility index (Phi) is 6.11. The van der Waals surface area contributed by atoms with Crippen LogP contribution in [-0.4, -0.2) is 34.4 Å². The van der Waals surface area contributed by atoms with Gasteiger partial charge in [0.25, 0.3) is 5.91 Å². The van der Waals surface area contributed by atoms with Gasteiger partial charge in [-0.3, -0.25) is 4.79 Å². The van der Waals surface area contributed by atoms with Gasteiger partial charge in [-0.15, -0.1) is 0 Å². The molecule has 1 amide bonds. The quantitative estimate of drug-likeness (QED) is 0.321. The van der Waals surface area contributed by atoms with Crippen LogP contribution in [0.3, 0.4) is 0 Å². The molecule has 9 heteroatoms. The molecule has 3 heterocycles. The zero-order chi connectivity index (χ0) is 25.2. The summed E-state index contributed by atoms with van der Waals surface area (Å²) >= 11 is 1.50. The molecule has 3 aromatic carbocycles. The Labute approximate surface area is 217 Å². The number of aromatic nitrogens is 3. The maximum absolute atomic E-state index is 12.8. The highest BCUT2D eigenvalue weighted by atomic mass is 32.2. The zero-order valence-corrected chi connectivity index (χ0v) is 20.7. The minimum atomic E-state index is -0.174. The molecule has 184 valence electrons. The minimum Gasteiger partial charge on any atom is -0.496 e. The topological polar surface area (TPSA) is 87.0 Å². The first-order valence-corrected chi connectivity index (χ1v) is 12.4. The van der Waals surface area contributed by atoms with E-state index in [0.29, 0.717) is 28.4 Å². The van der Waals surface area contributed by atoms with Gasteiger partial charge in [0.1, 0.15) is 10.8 Å². The van der Waals surface area contributed by atoms with Gasteiger partial charge in [0.15, 0.2) is 17.1 Å². The summed E-state index contributed by atoms with van der Waals surface area (Å²) in [6.07, 6.45) is 0. The number of rotatable bonds is 7. The van der Waals surface area contributed by atoms with Gasteiger partial charge in [0.2, 0.25) is 6.79 Å². The van der Waals surface area contributed by atoms with Crippen molar-refractivity contribution < 1.29 is 19.0 Å². The van der Waals surface area contributed by atoms with Crippen LogP contribution < -0.4 is 19.5 Å². The van der Waals surface area contributed by atoms with Crippen LogP contribution in [0.4, 0.5) is 0 Å². The summed E-state index contributed by atoms with van der Waals surface area (Å²) in [7, 11) is 1.65. The van der Waals surface area contributed by atoms with Crippen LogP contribution in [-0.2, 0) is 6.54 Å². The second kappa shape index (κ2) is 9.87. The number of para-hydroxylation sites is 1. The molecule has 8 nitrogen and oxygen atoms in total. The van der Waals surface area contributed by atoms with Crippen LogP contribution in [0.1, 0.15) is 16.1 Å². The highest BCUT2D eigenvalue weighted by Gasteiger charge is 2.21. The summed E-state index contributed by atoms with van der Waals surface area (Å²) in [5, 5.41) is 8.66. The molecule has 0 saturated heterocycles. The molecule has 1 N–H and O–H groups in total. The molecule has 0 bridgehead atoms. The number of carbonyl (C=O) groups is 1. The van der Waals surface area contributed by atoms with Crippen LogP contribution in [0.2, 0.25) is 0 Å². The Hall–Kier alpha value is -4.50. The second-order valence-electron chi connectivity index (χ2n) is 8.22. The van der Waals surface area contributed by atoms with Crippen molar-refractivity contribution in [2.75, 3.05) is 13.9 Å². The molecule has 0 atom stereocenters. The predicted octanol–water partition coefficient (Wildman–Crippen LogP) is 5.21. The van der Waals surface area contributed by atoms with Gasteiger partial charge in [-0.05, 0) is 54.6 Å². The number of methoxy groups -OCH3 is 1. The van der Waals surface area contributed by atoms with Gasteiger partial charge in [-0.1, -0.05) is 42.1 Å². The molecule has 37 heavy (non-hydrogen) atoms. The highest BCUT2D eigenvalue weighted by molar-refractivity contribution is 7.99. The third kappa shape index (κ3) is 4.56. The summed E-state index contributed by atoms with van der Waals surface area (Å²) in [6, 6.07) is 26.5. The summed E-state index contributed by atoms with van der Waals surface area (Å²) < 4.78 is 18.3. The van der Waals surface area contributed by atoms with E-state index in [4.69, 9.17) is 24.3 Å². The number of amides is 1. The average Bonchev–Trinajstić information content (AvgIpc) is 3.56. The van der Waals surface area contributed by atoms with Crippen molar-refractivity contribution in [2.45, 2.75) is 16.5 Å². The lowest BCUT2D eigenvalue weighted by Gasteiger charge is -2.09. The third-order valence-corrected chi connectivity index (χ3v) is 6.91. The Morgan fingerprint density at radius 1 is 1.00 bits per heavy atom. The smallest absolute Gasteiger partial charge is 0.251 e. The van der Waals surface area contributed by atoms with E-state index in [1.807, 2.05) is 72.8 Å². The number of nitrogens with one attached hydrogen (secondary N) is 1. The number of benzene rings is 3. The lowest BCUT2D eigenvalue weighted by atomic mass is 10.1. The van der Waals surface area contributed by atoms with Crippen molar-refractivity contribution in [3.8, 4) is 28.5 Å². The normalized spacial score (nSPS) is 12.0. The Balaban J connectivity index is 1.40. The molecule has 1 aliphatic heterocycles. The lowest BCUT2D eigenvalue weighted by Crippen LogP contribution is -2.24. The van der Waals surface area contributed by atoms with Crippen molar-refractivity contribution in [2.24, 2.45) is 0 Å². The molecule has 2 aromatic heterocycles. The first kappa shape index (κ1) is 22.9. The van der Waals surface area contributed by atoms with Crippen LogP contribution in [0.5, 0.6) is 17.2 Å². The fourth-order valence-electron chi connectivity index (χ4n) is 4.12. The molecule has 6 rings (SSSR count). The molecule has 1 aliphatic rings. The molecule has 0 spiro atoms. The fraction of sp³-hybridized carbons (Fsp3) is 0.107. The molecule has 0 aliphatic carbocycles. The van der Waals surface area contributed by atoms with E-state index < -0.39 is 0 Å². The van der Waals surface area contributed by atoms with E-state index in [0.717, 1.165) is 26.9 Å². The van der Waals surface area contributed by atoms with Gasteiger partial charge in [-0.2, -0.15) is 5.10 Å². The number of hydrogen-bond donors (Lipinski definition) is 1.